The van der Waals surface area contributed by atoms with Gasteiger partial charge in [-0.3, -0.25) is 9.79 Å². The van der Waals surface area contributed by atoms with Crippen LogP contribution in [0.2, 0.25) is 0 Å². The molecule has 0 bridgehead atoms. The molecule has 0 atom stereocenters. The second-order valence-corrected chi connectivity index (χ2v) is 3.53. The molecule has 0 heterocycles. The SMILES string of the molecule is C=Nc1c(F)cc(C(=O)CF)c(N(C)C)c1F. The standard InChI is InChI=1S/C11H11F3N2O/c1-15-10-7(13)4-6(8(17)5-12)11(9(10)14)16(2)3/h4H,1,5H2,2-3H3. The van der Waals surface area contributed by atoms with Gasteiger partial charge < -0.3 is 4.90 Å². The highest BCUT2D eigenvalue weighted by Crippen LogP contribution is 2.33. The van der Waals surface area contributed by atoms with E-state index >= 15 is 0 Å². The van der Waals surface area contributed by atoms with E-state index in [2.05, 4.69) is 11.7 Å². The Bertz CT molecular complexity index is 472. The number of hydrogen-bond donors (Lipinski definition) is 0. The maximum absolute atomic E-state index is 13.9. The van der Waals surface area contributed by atoms with Crippen LogP contribution in [-0.4, -0.2) is 33.3 Å². The van der Waals surface area contributed by atoms with Crippen molar-refractivity contribution >= 4 is 23.9 Å². The topological polar surface area (TPSA) is 32.7 Å². The molecule has 92 valence electrons. The molecule has 0 aliphatic carbocycles. The van der Waals surface area contributed by atoms with Crippen LogP contribution in [0.25, 0.3) is 0 Å². The molecule has 0 unspecified atom stereocenters. The molecule has 1 rings (SSSR count). The number of Topliss-reactive ketones (excluding diaryl/α,β-unsaturated/α-hetero) is 1. The summed E-state index contributed by atoms with van der Waals surface area (Å²) in [4.78, 5) is 15.7. The van der Waals surface area contributed by atoms with Gasteiger partial charge in [0.25, 0.3) is 0 Å². The van der Waals surface area contributed by atoms with Gasteiger partial charge in [0, 0.05) is 19.7 Å². The van der Waals surface area contributed by atoms with Crippen molar-refractivity contribution in [2.24, 2.45) is 4.99 Å². The Kier molecular flexibility index (Phi) is 3.88. The highest BCUT2D eigenvalue weighted by molar-refractivity contribution is 6.02. The third kappa shape index (κ3) is 2.30. The van der Waals surface area contributed by atoms with E-state index in [0.717, 1.165) is 6.07 Å². The summed E-state index contributed by atoms with van der Waals surface area (Å²) in [5.74, 6) is -3.05. The molecule has 0 radical (unpaired) electrons. The van der Waals surface area contributed by atoms with E-state index in [-0.39, 0.29) is 11.3 Å². The molecule has 0 aromatic heterocycles. The number of ketones is 1. The van der Waals surface area contributed by atoms with Crippen LogP contribution in [0.5, 0.6) is 0 Å². The van der Waals surface area contributed by atoms with Gasteiger partial charge in [-0.2, -0.15) is 0 Å². The van der Waals surface area contributed by atoms with Crippen LogP contribution in [-0.2, 0) is 0 Å². The predicted molar refractivity (Wildman–Crippen MR) is 60.2 cm³/mol. The Labute approximate surface area is 96.6 Å². The molecule has 0 aliphatic rings. The highest BCUT2D eigenvalue weighted by atomic mass is 19.1. The quantitative estimate of drug-likeness (QED) is 0.602. The number of nitrogens with zero attached hydrogens (tertiary/aromatic N) is 2. The van der Waals surface area contributed by atoms with E-state index in [4.69, 9.17) is 0 Å². The maximum Gasteiger partial charge on any atom is 0.196 e. The molecular weight excluding hydrogens is 233 g/mol. The predicted octanol–water partition coefficient (Wildman–Crippen LogP) is 2.52. The summed E-state index contributed by atoms with van der Waals surface area (Å²) in [5.41, 5.74) is -1.12. The number of hydrogen-bond acceptors (Lipinski definition) is 3. The van der Waals surface area contributed by atoms with Crippen LogP contribution in [0.4, 0.5) is 24.5 Å². The van der Waals surface area contributed by atoms with Crippen molar-refractivity contribution in [1.82, 2.24) is 0 Å². The van der Waals surface area contributed by atoms with Gasteiger partial charge in [0.2, 0.25) is 0 Å². The number of carbonyl (C=O) groups is 1. The lowest BCUT2D eigenvalue weighted by Gasteiger charge is -2.18. The summed E-state index contributed by atoms with van der Waals surface area (Å²) < 4.78 is 39.5. The van der Waals surface area contributed by atoms with E-state index in [1.807, 2.05) is 0 Å². The maximum atomic E-state index is 13.9. The normalized spacial score (nSPS) is 10.2. The lowest BCUT2D eigenvalue weighted by molar-refractivity contribution is 0.0958. The van der Waals surface area contributed by atoms with Crippen molar-refractivity contribution in [3.05, 3.63) is 23.3 Å². The number of anilines is 1. The summed E-state index contributed by atoms with van der Waals surface area (Å²) >= 11 is 0. The first-order valence-corrected chi connectivity index (χ1v) is 4.69. The molecule has 17 heavy (non-hydrogen) atoms. The second kappa shape index (κ2) is 4.99. The minimum atomic E-state index is -1.32. The minimum absolute atomic E-state index is 0.198. The summed E-state index contributed by atoms with van der Waals surface area (Å²) in [5, 5.41) is 0. The monoisotopic (exact) mass is 244 g/mol. The molecule has 0 N–H and O–H groups in total. The third-order valence-corrected chi connectivity index (χ3v) is 2.20. The largest absolute Gasteiger partial charge is 0.375 e. The van der Waals surface area contributed by atoms with Gasteiger partial charge in [-0.25, -0.2) is 13.2 Å². The summed E-state index contributed by atoms with van der Waals surface area (Å²) in [7, 11) is 2.91. The third-order valence-electron chi connectivity index (χ3n) is 2.20. The summed E-state index contributed by atoms with van der Waals surface area (Å²) in [6, 6.07) is 0.768. The minimum Gasteiger partial charge on any atom is -0.375 e. The first kappa shape index (κ1) is 13.2. The van der Waals surface area contributed by atoms with Crippen LogP contribution in [0, 0.1) is 11.6 Å². The molecular formula is C11H11F3N2O. The molecule has 3 nitrogen and oxygen atoms in total. The number of halogens is 3. The Morgan fingerprint density at radius 3 is 2.47 bits per heavy atom. The second-order valence-electron chi connectivity index (χ2n) is 3.53. The van der Waals surface area contributed by atoms with E-state index < -0.39 is 29.8 Å². The van der Waals surface area contributed by atoms with Crippen molar-refractivity contribution in [2.45, 2.75) is 0 Å². The number of alkyl halides is 1. The first-order valence-electron chi connectivity index (χ1n) is 4.69. The number of benzene rings is 1. The molecule has 0 aliphatic heterocycles. The Hall–Kier alpha value is -1.85. The molecule has 6 heteroatoms. The Morgan fingerprint density at radius 1 is 1.47 bits per heavy atom. The van der Waals surface area contributed by atoms with Crippen LogP contribution >= 0.6 is 0 Å². The molecule has 0 fully saturated rings. The average Bonchev–Trinajstić information content (AvgIpc) is 2.27. The van der Waals surface area contributed by atoms with Crippen molar-refractivity contribution < 1.29 is 18.0 Å². The molecule has 0 amide bonds. The number of carbonyl (C=O) groups excluding carboxylic acids is 1. The van der Waals surface area contributed by atoms with Gasteiger partial charge in [-0.05, 0) is 12.8 Å². The zero-order valence-corrected chi connectivity index (χ0v) is 9.43. The van der Waals surface area contributed by atoms with Gasteiger partial charge in [0.1, 0.15) is 5.69 Å². The highest BCUT2D eigenvalue weighted by Gasteiger charge is 2.23. The van der Waals surface area contributed by atoms with Crippen molar-refractivity contribution in [3.8, 4) is 0 Å². The van der Waals surface area contributed by atoms with E-state index in [9.17, 15) is 18.0 Å². The Balaban J connectivity index is 3.61. The molecule has 0 spiro atoms. The molecule has 0 saturated heterocycles. The van der Waals surface area contributed by atoms with Gasteiger partial charge in [0.05, 0.1) is 5.69 Å². The van der Waals surface area contributed by atoms with Gasteiger partial charge in [0.15, 0.2) is 24.1 Å². The average molecular weight is 244 g/mol. The van der Waals surface area contributed by atoms with Gasteiger partial charge in [-0.15, -0.1) is 0 Å². The smallest absolute Gasteiger partial charge is 0.196 e. The summed E-state index contributed by atoms with van der Waals surface area (Å²) in [6.07, 6.45) is 0. The first-order chi connectivity index (χ1) is 7.93. The number of rotatable bonds is 4. The Morgan fingerprint density at radius 2 is 2.06 bits per heavy atom. The van der Waals surface area contributed by atoms with Crippen molar-refractivity contribution in [2.75, 3.05) is 25.7 Å². The van der Waals surface area contributed by atoms with Crippen LogP contribution in [0.15, 0.2) is 11.1 Å². The van der Waals surface area contributed by atoms with E-state index in [1.54, 1.807) is 0 Å². The fourth-order valence-corrected chi connectivity index (χ4v) is 1.47. The van der Waals surface area contributed by atoms with Gasteiger partial charge in [-0.1, -0.05) is 0 Å². The van der Waals surface area contributed by atoms with Crippen LogP contribution in [0.3, 0.4) is 0 Å². The lowest BCUT2D eigenvalue weighted by Crippen LogP contribution is -2.17. The summed E-state index contributed by atoms with van der Waals surface area (Å²) in [6.45, 7) is 1.72. The number of aliphatic imine (C=N–C) groups is 1. The van der Waals surface area contributed by atoms with Crippen molar-refractivity contribution in [3.63, 3.8) is 0 Å². The lowest BCUT2D eigenvalue weighted by atomic mass is 10.1. The molecule has 0 saturated carbocycles. The zero-order valence-electron chi connectivity index (χ0n) is 9.43. The van der Waals surface area contributed by atoms with Crippen molar-refractivity contribution in [1.29, 1.82) is 0 Å². The van der Waals surface area contributed by atoms with E-state index in [1.165, 1.54) is 19.0 Å². The van der Waals surface area contributed by atoms with Crippen LogP contribution in [0.1, 0.15) is 10.4 Å². The zero-order chi connectivity index (χ0) is 13.2. The fraction of sp³-hybridized carbons (Fsp3) is 0.273. The van der Waals surface area contributed by atoms with Crippen LogP contribution < -0.4 is 4.90 Å². The molecule has 1 aromatic carbocycles. The van der Waals surface area contributed by atoms with Gasteiger partial charge >= 0.3 is 0 Å². The van der Waals surface area contributed by atoms with E-state index in [0.29, 0.717) is 0 Å². The molecule has 1 aromatic rings. The fourth-order valence-electron chi connectivity index (χ4n) is 1.47.